The van der Waals surface area contributed by atoms with Crippen LogP contribution in [0.4, 0.5) is 0 Å². The molecule has 1 amide bonds. The molecular weight excluding hydrogens is 380 g/mol. The van der Waals surface area contributed by atoms with Gasteiger partial charge < -0.3 is 15.0 Å². The molecule has 0 bridgehead atoms. The molecule has 1 heterocycles. The number of aromatic amines is 1. The molecule has 6 heteroatoms. The molecule has 0 saturated carbocycles. The third-order valence-corrected chi connectivity index (χ3v) is 4.40. The van der Waals surface area contributed by atoms with Gasteiger partial charge >= 0.3 is 0 Å². The van der Waals surface area contributed by atoms with Gasteiger partial charge in [-0.05, 0) is 35.9 Å². The van der Waals surface area contributed by atoms with Crippen LogP contribution in [0.1, 0.15) is 16.1 Å². The van der Waals surface area contributed by atoms with Crippen molar-refractivity contribution in [2.75, 3.05) is 7.11 Å². The zero-order valence-corrected chi connectivity index (χ0v) is 14.7. The van der Waals surface area contributed by atoms with Crippen molar-refractivity contribution in [2.45, 2.75) is 6.54 Å². The Balaban J connectivity index is 1.79. The summed E-state index contributed by atoms with van der Waals surface area (Å²) in [5.41, 5.74) is 2.14. The van der Waals surface area contributed by atoms with Crippen molar-refractivity contribution in [3.05, 3.63) is 63.2 Å². The first-order chi connectivity index (χ1) is 11.1. The number of methoxy groups -OCH3 is 1. The van der Waals surface area contributed by atoms with Gasteiger partial charge in [0, 0.05) is 21.9 Å². The van der Waals surface area contributed by atoms with Crippen molar-refractivity contribution in [1.29, 1.82) is 0 Å². The second-order valence-corrected chi connectivity index (χ2v) is 6.33. The molecule has 0 aliphatic heterocycles. The van der Waals surface area contributed by atoms with Crippen molar-refractivity contribution in [3.8, 4) is 5.75 Å². The molecule has 0 fully saturated rings. The van der Waals surface area contributed by atoms with Crippen LogP contribution in [0.2, 0.25) is 5.02 Å². The lowest BCUT2D eigenvalue weighted by Crippen LogP contribution is -2.23. The normalized spacial score (nSPS) is 10.7. The number of hydrogen-bond acceptors (Lipinski definition) is 2. The number of aromatic nitrogens is 1. The minimum absolute atomic E-state index is 0.245. The number of rotatable bonds is 4. The second kappa shape index (κ2) is 6.64. The molecule has 0 spiro atoms. The third kappa shape index (κ3) is 3.35. The van der Waals surface area contributed by atoms with Gasteiger partial charge in [-0.2, -0.15) is 0 Å². The van der Waals surface area contributed by atoms with E-state index in [-0.39, 0.29) is 5.91 Å². The van der Waals surface area contributed by atoms with Crippen LogP contribution in [0.15, 0.2) is 46.9 Å². The SMILES string of the molecule is COc1cccc(CNC(=O)c2[nH]c3ccc(Br)cc3c2Cl)c1. The Morgan fingerprint density at radius 1 is 1.30 bits per heavy atom. The van der Waals surface area contributed by atoms with E-state index < -0.39 is 0 Å². The maximum absolute atomic E-state index is 12.4. The summed E-state index contributed by atoms with van der Waals surface area (Å²) in [7, 11) is 1.61. The average Bonchev–Trinajstić information content (AvgIpc) is 2.89. The Morgan fingerprint density at radius 3 is 2.91 bits per heavy atom. The molecule has 0 aliphatic rings. The summed E-state index contributed by atoms with van der Waals surface area (Å²) in [6.45, 7) is 0.394. The number of halogens is 2. The van der Waals surface area contributed by atoms with Crippen LogP contribution in [0, 0.1) is 0 Å². The molecular formula is C17H14BrClN2O2. The van der Waals surface area contributed by atoms with Crippen LogP contribution in [-0.4, -0.2) is 18.0 Å². The van der Waals surface area contributed by atoms with Crippen LogP contribution in [0.3, 0.4) is 0 Å². The lowest BCUT2D eigenvalue weighted by atomic mass is 10.2. The van der Waals surface area contributed by atoms with E-state index in [1.165, 1.54) is 0 Å². The molecule has 2 N–H and O–H groups in total. The molecule has 2 aromatic carbocycles. The number of benzene rings is 2. The molecule has 0 unspecified atom stereocenters. The first kappa shape index (κ1) is 15.9. The summed E-state index contributed by atoms with van der Waals surface area (Å²) in [6, 6.07) is 13.2. The minimum atomic E-state index is -0.245. The van der Waals surface area contributed by atoms with Crippen molar-refractivity contribution in [3.63, 3.8) is 0 Å². The number of H-pyrrole nitrogens is 1. The van der Waals surface area contributed by atoms with E-state index in [0.29, 0.717) is 17.3 Å². The highest BCUT2D eigenvalue weighted by atomic mass is 79.9. The number of carbonyl (C=O) groups is 1. The molecule has 118 valence electrons. The molecule has 0 atom stereocenters. The fourth-order valence-electron chi connectivity index (χ4n) is 2.34. The van der Waals surface area contributed by atoms with Gasteiger partial charge in [0.25, 0.3) is 5.91 Å². The quantitative estimate of drug-likeness (QED) is 0.684. The fourth-order valence-corrected chi connectivity index (χ4v) is 2.99. The second-order valence-electron chi connectivity index (χ2n) is 5.04. The lowest BCUT2D eigenvalue weighted by molar-refractivity contribution is 0.0947. The maximum atomic E-state index is 12.4. The van der Waals surface area contributed by atoms with Gasteiger partial charge in [0.1, 0.15) is 11.4 Å². The zero-order chi connectivity index (χ0) is 16.4. The highest BCUT2D eigenvalue weighted by Crippen LogP contribution is 2.29. The van der Waals surface area contributed by atoms with Crippen LogP contribution < -0.4 is 10.1 Å². The Bertz CT molecular complexity index is 876. The molecule has 23 heavy (non-hydrogen) atoms. The van der Waals surface area contributed by atoms with Gasteiger partial charge in [0.05, 0.1) is 12.1 Å². The smallest absolute Gasteiger partial charge is 0.269 e. The van der Waals surface area contributed by atoms with Gasteiger partial charge in [0.15, 0.2) is 0 Å². The predicted octanol–water partition coefficient (Wildman–Crippen LogP) is 4.52. The van der Waals surface area contributed by atoms with Crippen molar-refractivity contribution in [1.82, 2.24) is 10.3 Å². The number of fused-ring (bicyclic) bond motifs is 1. The summed E-state index contributed by atoms with van der Waals surface area (Å²) in [4.78, 5) is 15.4. The van der Waals surface area contributed by atoms with Gasteiger partial charge in [-0.3, -0.25) is 4.79 Å². The summed E-state index contributed by atoms with van der Waals surface area (Å²) < 4.78 is 6.08. The van der Waals surface area contributed by atoms with Gasteiger partial charge in [-0.15, -0.1) is 0 Å². The first-order valence-corrected chi connectivity index (χ1v) is 8.13. The molecule has 0 radical (unpaired) electrons. The topological polar surface area (TPSA) is 54.1 Å². The first-order valence-electron chi connectivity index (χ1n) is 6.96. The van der Waals surface area contributed by atoms with E-state index >= 15 is 0 Å². The molecule has 1 aromatic heterocycles. The average molecular weight is 394 g/mol. The fraction of sp³-hybridized carbons (Fsp3) is 0.118. The maximum Gasteiger partial charge on any atom is 0.269 e. The Kier molecular flexibility index (Phi) is 4.59. The Labute approximate surface area is 146 Å². The van der Waals surface area contributed by atoms with Crippen LogP contribution in [0.25, 0.3) is 10.9 Å². The highest BCUT2D eigenvalue weighted by Gasteiger charge is 2.16. The number of ether oxygens (including phenoxy) is 1. The minimum Gasteiger partial charge on any atom is -0.497 e. The number of nitrogens with one attached hydrogen (secondary N) is 2. The van der Waals surface area contributed by atoms with E-state index in [9.17, 15) is 4.79 Å². The largest absolute Gasteiger partial charge is 0.497 e. The molecule has 0 saturated heterocycles. The van der Waals surface area contributed by atoms with Gasteiger partial charge in [0.2, 0.25) is 0 Å². The van der Waals surface area contributed by atoms with Gasteiger partial charge in [-0.1, -0.05) is 39.7 Å². The van der Waals surface area contributed by atoms with Crippen LogP contribution in [0.5, 0.6) is 5.75 Å². The molecule has 4 nitrogen and oxygen atoms in total. The van der Waals surface area contributed by atoms with E-state index in [1.807, 2.05) is 42.5 Å². The van der Waals surface area contributed by atoms with E-state index in [1.54, 1.807) is 7.11 Å². The van der Waals surface area contributed by atoms with E-state index in [0.717, 1.165) is 26.7 Å². The zero-order valence-electron chi connectivity index (χ0n) is 12.3. The monoisotopic (exact) mass is 392 g/mol. The summed E-state index contributed by atoms with van der Waals surface area (Å²) in [5.74, 6) is 0.510. The van der Waals surface area contributed by atoms with E-state index in [2.05, 4.69) is 26.2 Å². The Morgan fingerprint density at radius 2 is 2.13 bits per heavy atom. The van der Waals surface area contributed by atoms with Crippen molar-refractivity contribution < 1.29 is 9.53 Å². The number of hydrogen-bond donors (Lipinski definition) is 2. The van der Waals surface area contributed by atoms with Crippen molar-refractivity contribution >= 4 is 44.3 Å². The summed E-state index contributed by atoms with van der Waals surface area (Å²) in [5, 5.41) is 4.09. The summed E-state index contributed by atoms with van der Waals surface area (Å²) in [6.07, 6.45) is 0. The standard InChI is InChI=1S/C17H14BrClN2O2/c1-23-12-4-2-3-10(7-12)9-20-17(22)16-15(19)13-8-11(18)5-6-14(13)21-16/h2-8,21H,9H2,1H3,(H,20,22). The number of carbonyl (C=O) groups excluding carboxylic acids is 1. The van der Waals surface area contributed by atoms with Crippen LogP contribution >= 0.6 is 27.5 Å². The Hall–Kier alpha value is -1.98. The summed E-state index contributed by atoms with van der Waals surface area (Å²) >= 11 is 9.72. The number of amides is 1. The lowest BCUT2D eigenvalue weighted by Gasteiger charge is -2.06. The molecule has 3 rings (SSSR count). The van der Waals surface area contributed by atoms with Crippen LogP contribution in [-0.2, 0) is 6.54 Å². The van der Waals surface area contributed by atoms with E-state index in [4.69, 9.17) is 16.3 Å². The molecule has 3 aromatic rings. The molecule has 0 aliphatic carbocycles. The van der Waals surface area contributed by atoms with Gasteiger partial charge in [-0.25, -0.2) is 0 Å². The van der Waals surface area contributed by atoms with Crippen molar-refractivity contribution in [2.24, 2.45) is 0 Å². The third-order valence-electron chi connectivity index (χ3n) is 3.51. The highest BCUT2D eigenvalue weighted by molar-refractivity contribution is 9.10. The predicted molar refractivity (Wildman–Crippen MR) is 95.2 cm³/mol.